The molecule has 0 saturated heterocycles. The second-order valence-corrected chi connectivity index (χ2v) is 6.64. The number of hydrogen-bond donors (Lipinski definition) is 2. The average molecular weight is 272 g/mol. The average Bonchev–Trinajstić information content (AvgIpc) is 2.93. The maximum Gasteiger partial charge on any atom is 0.251 e. The molecule has 3 nitrogen and oxygen atoms in total. The summed E-state index contributed by atoms with van der Waals surface area (Å²) in [6, 6.07) is 6.06. The van der Waals surface area contributed by atoms with E-state index >= 15 is 0 Å². The van der Waals surface area contributed by atoms with Gasteiger partial charge >= 0.3 is 0 Å². The van der Waals surface area contributed by atoms with Crippen LogP contribution in [0.25, 0.3) is 0 Å². The van der Waals surface area contributed by atoms with Crippen molar-refractivity contribution in [2.24, 2.45) is 5.41 Å². The molecule has 1 heterocycles. The van der Waals surface area contributed by atoms with Gasteiger partial charge in [-0.1, -0.05) is 32.3 Å². The molecule has 2 aliphatic rings. The van der Waals surface area contributed by atoms with Crippen molar-refractivity contribution in [2.45, 2.75) is 52.1 Å². The Morgan fingerprint density at radius 1 is 1.20 bits per heavy atom. The van der Waals surface area contributed by atoms with E-state index in [4.69, 9.17) is 0 Å². The number of carbonyl (C=O) groups is 1. The van der Waals surface area contributed by atoms with Crippen molar-refractivity contribution in [1.82, 2.24) is 10.6 Å². The van der Waals surface area contributed by atoms with Gasteiger partial charge in [0.2, 0.25) is 0 Å². The van der Waals surface area contributed by atoms with E-state index in [-0.39, 0.29) is 5.91 Å². The summed E-state index contributed by atoms with van der Waals surface area (Å²) in [5.41, 5.74) is 3.68. The van der Waals surface area contributed by atoms with Crippen molar-refractivity contribution < 1.29 is 4.79 Å². The Labute approximate surface area is 121 Å². The zero-order valence-corrected chi connectivity index (χ0v) is 12.3. The first-order chi connectivity index (χ1) is 9.66. The van der Waals surface area contributed by atoms with Crippen molar-refractivity contribution in [3.63, 3.8) is 0 Å². The molecular weight excluding hydrogens is 248 g/mol. The summed E-state index contributed by atoms with van der Waals surface area (Å²) < 4.78 is 0. The van der Waals surface area contributed by atoms with Crippen molar-refractivity contribution in [3.8, 4) is 0 Å². The molecule has 1 fully saturated rings. The van der Waals surface area contributed by atoms with E-state index in [1.54, 1.807) is 0 Å². The van der Waals surface area contributed by atoms with Crippen LogP contribution in [0.5, 0.6) is 0 Å². The molecule has 1 aromatic rings. The van der Waals surface area contributed by atoms with Crippen LogP contribution < -0.4 is 10.6 Å². The SMILES string of the molecule is CC1(CNC(=O)c2ccc3c(c2)CNC3)CCCCC1. The van der Waals surface area contributed by atoms with Gasteiger partial charge in [0.15, 0.2) is 0 Å². The highest BCUT2D eigenvalue weighted by Gasteiger charge is 2.27. The van der Waals surface area contributed by atoms with E-state index < -0.39 is 0 Å². The number of rotatable bonds is 3. The van der Waals surface area contributed by atoms with Gasteiger partial charge < -0.3 is 10.6 Å². The summed E-state index contributed by atoms with van der Waals surface area (Å²) in [5, 5.41) is 6.45. The van der Waals surface area contributed by atoms with Crippen LogP contribution in [0.15, 0.2) is 18.2 Å². The molecule has 3 rings (SSSR count). The number of carbonyl (C=O) groups excluding carboxylic acids is 1. The van der Waals surface area contributed by atoms with Crippen LogP contribution in [-0.2, 0) is 13.1 Å². The van der Waals surface area contributed by atoms with Gasteiger partial charge in [0.05, 0.1) is 0 Å². The lowest BCUT2D eigenvalue weighted by atomic mass is 9.76. The third kappa shape index (κ3) is 2.88. The molecule has 1 saturated carbocycles. The lowest BCUT2D eigenvalue weighted by molar-refractivity contribution is 0.0919. The predicted molar refractivity (Wildman–Crippen MR) is 80.5 cm³/mol. The third-order valence-corrected chi connectivity index (χ3v) is 4.84. The fraction of sp³-hybridized carbons (Fsp3) is 0.588. The van der Waals surface area contributed by atoms with Gasteiger partial charge in [0.1, 0.15) is 0 Å². The maximum atomic E-state index is 12.3. The molecule has 2 N–H and O–H groups in total. The lowest BCUT2D eigenvalue weighted by Crippen LogP contribution is -2.37. The van der Waals surface area contributed by atoms with E-state index in [9.17, 15) is 4.79 Å². The lowest BCUT2D eigenvalue weighted by Gasteiger charge is -2.33. The van der Waals surface area contributed by atoms with Crippen LogP contribution in [0.2, 0.25) is 0 Å². The largest absolute Gasteiger partial charge is 0.351 e. The molecular formula is C17H24N2O. The first kappa shape index (κ1) is 13.6. The van der Waals surface area contributed by atoms with Gasteiger partial charge in [-0.15, -0.1) is 0 Å². The minimum atomic E-state index is 0.0755. The van der Waals surface area contributed by atoms with Gasteiger partial charge in [0, 0.05) is 25.2 Å². The smallest absolute Gasteiger partial charge is 0.251 e. The monoisotopic (exact) mass is 272 g/mol. The Hall–Kier alpha value is -1.35. The van der Waals surface area contributed by atoms with Gasteiger partial charge in [-0.05, 0) is 41.5 Å². The molecule has 1 aliphatic carbocycles. The minimum Gasteiger partial charge on any atom is -0.351 e. The summed E-state index contributed by atoms with van der Waals surface area (Å²) >= 11 is 0. The number of fused-ring (bicyclic) bond motifs is 1. The van der Waals surface area contributed by atoms with E-state index in [1.165, 1.54) is 43.2 Å². The Kier molecular flexibility index (Phi) is 3.79. The molecule has 1 amide bonds. The minimum absolute atomic E-state index is 0.0755. The second-order valence-electron chi connectivity index (χ2n) is 6.64. The van der Waals surface area contributed by atoms with Crippen molar-refractivity contribution in [1.29, 1.82) is 0 Å². The molecule has 0 unspecified atom stereocenters. The first-order valence-corrected chi connectivity index (χ1v) is 7.77. The Morgan fingerprint density at radius 3 is 2.75 bits per heavy atom. The highest BCUT2D eigenvalue weighted by atomic mass is 16.1. The highest BCUT2D eigenvalue weighted by Crippen LogP contribution is 2.35. The van der Waals surface area contributed by atoms with Crippen LogP contribution in [0.1, 0.15) is 60.5 Å². The van der Waals surface area contributed by atoms with Crippen LogP contribution >= 0.6 is 0 Å². The molecule has 20 heavy (non-hydrogen) atoms. The summed E-state index contributed by atoms with van der Waals surface area (Å²) in [7, 11) is 0. The maximum absolute atomic E-state index is 12.3. The molecule has 1 aromatic carbocycles. The number of benzene rings is 1. The molecule has 3 heteroatoms. The Bertz CT molecular complexity index is 504. The number of amides is 1. The number of nitrogens with one attached hydrogen (secondary N) is 2. The first-order valence-electron chi connectivity index (χ1n) is 7.77. The summed E-state index contributed by atoms with van der Waals surface area (Å²) in [6.45, 7) is 4.92. The third-order valence-electron chi connectivity index (χ3n) is 4.84. The van der Waals surface area contributed by atoms with Gasteiger partial charge in [-0.3, -0.25) is 4.79 Å². The molecule has 0 spiro atoms. The molecule has 1 aliphatic heterocycles. The molecule has 0 bridgehead atoms. The fourth-order valence-corrected chi connectivity index (χ4v) is 3.41. The Morgan fingerprint density at radius 2 is 1.95 bits per heavy atom. The van der Waals surface area contributed by atoms with E-state index in [0.29, 0.717) is 5.41 Å². The standard InChI is InChI=1S/C17H24N2O/c1-17(7-3-2-4-8-17)12-19-16(20)13-5-6-14-10-18-11-15(14)9-13/h5-6,9,18H,2-4,7-8,10-12H2,1H3,(H,19,20). The van der Waals surface area contributed by atoms with Gasteiger partial charge in [-0.2, -0.15) is 0 Å². The molecule has 0 atom stereocenters. The topological polar surface area (TPSA) is 41.1 Å². The van der Waals surface area contributed by atoms with Crippen LogP contribution in [0.3, 0.4) is 0 Å². The van der Waals surface area contributed by atoms with E-state index in [0.717, 1.165) is 25.2 Å². The van der Waals surface area contributed by atoms with Crippen molar-refractivity contribution in [3.05, 3.63) is 34.9 Å². The zero-order chi connectivity index (χ0) is 14.0. The fourth-order valence-electron chi connectivity index (χ4n) is 3.41. The van der Waals surface area contributed by atoms with E-state index in [1.807, 2.05) is 12.1 Å². The van der Waals surface area contributed by atoms with Crippen LogP contribution in [0, 0.1) is 5.41 Å². The summed E-state index contributed by atoms with van der Waals surface area (Å²) in [5.74, 6) is 0.0755. The molecule has 0 aromatic heterocycles. The Balaban J connectivity index is 1.61. The quantitative estimate of drug-likeness (QED) is 0.888. The van der Waals surface area contributed by atoms with Crippen molar-refractivity contribution >= 4 is 5.91 Å². The molecule has 108 valence electrons. The number of hydrogen-bond acceptors (Lipinski definition) is 2. The molecule has 0 radical (unpaired) electrons. The van der Waals surface area contributed by atoms with Crippen molar-refractivity contribution in [2.75, 3.05) is 6.54 Å². The van der Waals surface area contributed by atoms with Crippen LogP contribution in [-0.4, -0.2) is 12.5 Å². The highest BCUT2D eigenvalue weighted by molar-refractivity contribution is 5.94. The summed E-state index contributed by atoms with van der Waals surface area (Å²) in [4.78, 5) is 12.3. The van der Waals surface area contributed by atoms with Crippen LogP contribution in [0.4, 0.5) is 0 Å². The summed E-state index contributed by atoms with van der Waals surface area (Å²) in [6.07, 6.45) is 6.43. The van der Waals surface area contributed by atoms with E-state index in [2.05, 4.69) is 23.6 Å². The normalized spacial score (nSPS) is 20.4. The second kappa shape index (κ2) is 5.57. The predicted octanol–water partition coefficient (Wildman–Crippen LogP) is 2.99. The zero-order valence-electron chi connectivity index (χ0n) is 12.3. The van der Waals surface area contributed by atoms with Gasteiger partial charge in [-0.25, -0.2) is 0 Å². The van der Waals surface area contributed by atoms with Gasteiger partial charge in [0.25, 0.3) is 5.91 Å².